The van der Waals surface area contributed by atoms with Crippen molar-refractivity contribution >= 4 is 29.2 Å². The number of methoxy groups -OCH3 is 1. The molecule has 144 valence electrons. The third kappa shape index (κ3) is 4.47. The monoisotopic (exact) mass is 419 g/mol. The fourth-order valence-corrected chi connectivity index (χ4v) is 3.85. The van der Waals surface area contributed by atoms with Crippen molar-refractivity contribution in [2.24, 2.45) is 10.2 Å². The third-order valence-electron chi connectivity index (χ3n) is 4.33. The molecular weight excluding hydrogens is 402 g/mol. The first-order valence-corrected chi connectivity index (χ1v) is 10.2. The molecule has 0 unspecified atom stereocenters. The Morgan fingerprint density at radius 2 is 1.66 bits per heavy atom. The lowest BCUT2D eigenvalue weighted by Gasteiger charge is -2.09. The molecule has 1 heterocycles. The number of rotatable bonds is 5. The first-order chi connectivity index (χ1) is 14.2. The van der Waals surface area contributed by atoms with E-state index in [2.05, 4.69) is 32.3 Å². The van der Waals surface area contributed by atoms with E-state index in [0.29, 0.717) is 5.02 Å². The molecule has 4 nitrogen and oxygen atoms in total. The van der Waals surface area contributed by atoms with Crippen LogP contribution >= 0.6 is 22.9 Å². The Morgan fingerprint density at radius 1 is 0.931 bits per heavy atom. The zero-order chi connectivity index (χ0) is 20.1. The molecule has 0 fully saturated rings. The van der Waals surface area contributed by atoms with Gasteiger partial charge in [-0.25, -0.2) is 0 Å². The summed E-state index contributed by atoms with van der Waals surface area (Å²) in [5, 5.41) is 11.5. The van der Waals surface area contributed by atoms with Gasteiger partial charge in [0.2, 0.25) is 4.80 Å². The first kappa shape index (κ1) is 19.2. The molecule has 0 aliphatic carbocycles. The van der Waals surface area contributed by atoms with Crippen LogP contribution in [-0.4, -0.2) is 17.9 Å². The maximum Gasteiger partial charge on any atom is 0.215 e. The van der Waals surface area contributed by atoms with Crippen LogP contribution in [0.2, 0.25) is 5.02 Å². The molecule has 0 saturated heterocycles. The van der Waals surface area contributed by atoms with E-state index < -0.39 is 0 Å². The second-order valence-corrected chi connectivity index (χ2v) is 7.47. The summed E-state index contributed by atoms with van der Waals surface area (Å²) in [6, 6.07) is 25.6. The van der Waals surface area contributed by atoms with Crippen LogP contribution in [0.15, 0.2) is 94.4 Å². The van der Waals surface area contributed by atoms with Gasteiger partial charge < -0.3 is 4.74 Å². The Labute approximate surface area is 178 Å². The van der Waals surface area contributed by atoms with Gasteiger partial charge in [-0.2, -0.15) is 5.10 Å². The minimum atomic E-state index is 0.698. The van der Waals surface area contributed by atoms with E-state index in [-0.39, 0.29) is 0 Å². The highest BCUT2D eigenvalue weighted by Crippen LogP contribution is 2.25. The maximum atomic E-state index is 5.93. The zero-order valence-electron chi connectivity index (χ0n) is 15.7. The number of hydrogen-bond donors (Lipinski definition) is 0. The van der Waals surface area contributed by atoms with Crippen LogP contribution in [0.1, 0.15) is 5.56 Å². The Morgan fingerprint density at radius 3 is 2.34 bits per heavy atom. The van der Waals surface area contributed by atoms with Crippen molar-refractivity contribution in [2.45, 2.75) is 0 Å². The van der Waals surface area contributed by atoms with Crippen LogP contribution < -0.4 is 9.54 Å². The highest BCUT2D eigenvalue weighted by atomic mass is 35.5. The van der Waals surface area contributed by atoms with Crippen molar-refractivity contribution in [2.75, 3.05) is 7.11 Å². The van der Waals surface area contributed by atoms with Gasteiger partial charge in [-0.1, -0.05) is 41.9 Å². The summed E-state index contributed by atoms with van der Waals surface area (Å²) in [7, 11) is 1.67. The molecule has 29 heavy (non-hydrogen) atoms. The highest BCUT2D eigenvalue weighted by molar-refractivity contribution is 7.07. The van der Waals surface area contributed by atoms with Gasteiger partial charge in [-0.3, -0.25) is 4.57 Å². The summed E-state index contributed by atoms with van der Waals surface area (Å²) < 4.78 is 7.38. The molecule has 0 spiro atoms. The topological polar surface area (TPSA) is 38.9 Å². The van der Waals surface area contributed by atoms with Gasteiger partial charge in [0, 0.05) is 16.1 Å². The van der Waals surface area contributed by atoms with Gasteiger partial charge in [0.25, 0.3) is 0 Å². The summed E-state index contributed by atoms with van der Waals surface area (Å²) in [5.41, 5.74) is 4.09. The highest BCUT2D eigenvalue weighted by Gasteiger charge is 2.10. The molecule has 1 aromatic heterocycles. The van der Waals surface area contributed by atoms with Crippen molar-refractivity contribution < 1.29 is 4.74 Å². The number of thiazole rings is 1. The molecule has 4 rings (SSSR count). The number of para-hydroxylation sites is 1. The predicted molar refractivity (Wildman–Crippen MR) is 120 cm³/mol. The van der Waals surface area contributed by atoms with Crippen molar-refractivity contribution in [3.8, 4) is 22.7 Å². The quantitative estimate of drug-likeness (QED) is 0.297. The number of nitrogens with zero attached hydrogens (tertiary/aromatic N) is 3. The van der Waals surface area contributed by atoms with E-state index in [4.69, 9.17) is 16.3 Å². The lowest BCUT2D eigenvalue weighted by molar-refractivity contribution is 0.415. The summed E-state index contributed by atoms with van der Waals surface area (Å²) in [6.45, 7) is 0. The Balaban J connectivity index is 1.77. The van der Waals surface area contributed by atoms with Crippen LogP contribution in [0.25, 0.3) is 16.9 Å². The van der Waals surface area contributed by atoms with Crippen LogP contribution in [0.3, 0.4) is 0 Å². The average molecular weight is 420 g/mol. The Kier molecular flexibility index (Phi) is 5.89. The standard InChI is InChI=1S/C23H18ClN3OS/c1-28-21-13-9-18(10-14-21)22-16-29-23(27(22)20-5-3-2-4-6-20)26-25-15-17-7-11-19(24)12-8-17/h2-16H,1H3. The number of benzene rings is 3. The lowest BCUT2D eigenvalue weighted by atomic mass is 10.1. The van der Waals surface area contributed by atoms with Crippen LogP contribution in [0.5, 0.6) is 5.75 Å². The molecule has 0 aliphatic heterocycles. The summed E-state index contributed by atoms with van der Waals surface area (Å²) in [5.74, 6) is 0.827. The molecule has 0 atom stereocenters. The lowest BCUT2D eigenvalue weighted by Crippen LogP contribution is -2.13. The maximum absolute atomic E-state index is 5.93. The van der Waals surface area contributed by atoms with E-state index in [1.807, 2.05) is 66.7 Å². The summed E-state index contributed by atoms with van der Waals surface area (Å²) >= 11 is 7.48. The largest absolute Gasteiger partial charge is 0.497 e. The number of aromatic nitrogens is 1. The molecular formula is C23H18ClN3OS. The van der Waals surface area contributed by atoms with Gasteiger partial charge in [0.05, 0.1) is 19.0 Å². The van der Waals surface area contributed by atoms with Crippen molar-refractivity contribution in [3.05, 3.63) is 99.6 Å². The third-order valence-corrected chi connectivity index (χ3v) is 5.40. The molecule has 0 saturated carbocycles. The second-order valence-electron chi connectivity index (χ2n) is 6.20. The molecule has 4 aromatic rings. The van der Waals surface area contributed by atoms with E-state index in [0.717, 1.165) is 33.1 Å². The molecule has 0 radical (unpaired) electrons. The van der Waals surface area contributed by atoms with E-state index in [9.17, 15) is 0 Å². The van der Waals surface area contributed by atoms with E-state index in [1.54, 1.807) is 24.7 Å². The average Bonchev–Trinajstić information content (AvgIpc) is 3.19. The van der Waals surface area contributed by atoms with Crippen LogP contribution in [0.4, 0.5) is 0 Å². The SMILES string of the molecule is COc1ccc(-c2csc(=NN=Cc3ccc(Cl)cc3)n2-c2ccccc2)cc1. The smallest absolute Gasteiger partial charge is 0.215 e. The minimum absolute atomic E-state index is 0.698. The number of hydrogen-bond acceptors (Lipinski definition) is 4. The van der Waals surface area contributed by atoms with Gasteiger partial charge in [-0.05, 0) is 59.7 Å². The number of halogens is 1. The normalized spacial score (nSPS) is 11.9. The zero-order valence-corrected chi connectivity index (χ0v) is 17.3. The van der Waals surface area contributed by atoms with Crippen molar-refractivity contribution in [1.82, 2.24) is 4.57 Å². The van der Waals surface area contributed by atoms with E-state index in [1.165, 1.54) is 0 Å². The fraction of sp³-hybridized carbons (Fsp3) is 0.0435. The molecule has 6 heteroatoms. The van der Waals surface area contributed by atoms with Gasteiger partial charge in [0.1, 0.15) is 5.75 Å². The van der Waals surface area contributed by atoms with Gasteiger partial charge in [-0.15, -0.1) is 16.4 Å². The van der Waals surface area contributed by atoms with Gasteiger partial charge in [0.15, 0.2) is 0 Å². The first-order valence-electron chi connectivity index (χ1n) is 8.97. The van der Waals surface area contributed by atoms with Gasteiger partial charge >= 0.3 is 0 Å². The molecule has 0 aliphatic rings. The Hall–Kier alpha value is -3.15. The summed E-state index contributed by atoms with van der Waals surface area (Å²) in [4.78, 5) is 0.784. The van der Waals surface area contributed by atoms with Crippen LogP contribution in [-0.2, 0) is 0 Å². The molecule has 0 amide bonds. The van der Waals surface area contributed by atoms with Crippen molar-refractivity contribution in [3.63, 3.8) is 0 Å². The minimum Gasteiger partial charge on any atom is -0.497 e. The number of ether oxygens (including phenoxy) is 1. The fourth-order valence-electron chi connectivity index (χ4n) is 2.86. The molecule has 0 N–H and O–H groups in total. The van der Waals surface area contributed by atoms with E-state index >= 15 is 0 Å². The van der Waals surface area contributed by atoms with Crippen LogP contribution in [0, 0.1) is 0 Å². The summed E-state index contributed by atoms with van der Waals surface area (Å²) in [6.07, 6.45) is 1.72. The second kappa shape index (κ2) is 8.90. The van der Waals surface area contributed by atoms with Crippen molar-refractivity contribution in [1.29, 1.82) is 0 Å². The predicted octanol–water partition coefficient (Wildman–Crippen LogP) is 5.80. The molecule has 3 aromatic carbocycles. The Bertz CT molecular complexity index is 1180. The molecule has 0 bridgehead atoms.